The first-order chi connectivity index (χ1) is 11.4. The summed E-state index contributed by atoms with van der Waals surface area (Å²) in [7, 11) is 0. The van der Waals surface area contributed by atoms with Crippen LogP contribution in [0.5, 0.6) is 5.75 Å². The molecule has 24 heavy (non-hydrogen) atoms. The van der Waals surface area contributed by atoms with Crippen LogP contribution in [-0.2, 0) is 0 Å². The number of piperazine rings is 1. The zero-order valence-corrected chi connectivity index (χ0v) is 15.3. The molecule has 5 nitrogen and oxygen atoms in total. The SMILES string of the molecule is CC(C)(C)Oc1ccc(N2CCCCC2)cc1N1CCN(O)CC1. The Morgan fingerprint density at radius 2 is 1.54 bits per heavy atom. The number of hydrogen-bond donors (Lipinski definition) is 1. The van der Waals surface area contributed by atoms with Crippen molar-refractivity contribution in [3.05, 3.63) is 18.2 Å². The molecule has 0 atom stereocenters. The largest absolute Gasteiger partial charge is 0.486 e. The van der Waals surface area contributed by atoms with Crippen molar-refractivity contribution in [1.29, 1.82) is 0 Å². The van der Waals surface area contributed by atoms with Gasteiger partial charge in [-0.15, -0.1) is 0 Å². The Kier molecular flexibility index (Phi) is 5.21. The van der Waals surface area contributed by atoms with Gasteiger partial charge in [0.15, 0.2) is 0 Å². The highest BCUT2D eigenvalue weighted by Crippen LogP contribution is 2.36. The normalized spacial score (nSPS) is 20.3. The predicted molar refractivity (Wildman–Crippen MR) is 98.5 cm³/mol. The first kappa shape index (κ1) is 17.4. The second-order valence-electron chi connectivity index (χ2n) is 7.85. The molecule has 2 heterocycles. The second-order valence-corrected chi connectivity index (χ2v) is 7.85. The van der Waals surface area contributed by atoms with Gasteiger partial charge in [-0.2, -0.15) is 5.06 Å². The Bertz CT molecular complexity index is 542. The zero-order chi connectivity index (χ0) is 17.2. The molecule has 2 aliphatic rings. The molecule has 0 amide bonds. The fourth-order valence-corrected chi connectivity index (χ4v) is 3.45. The Hall–Kier alpha value is -1.46. The summed E-state index contributed by atoms with van der Waals surface area (Å²) in [5.74, 6) is 0.939. The van der Waals surface area contributed by atoms with Crippen LogP contribution in [0.2, 0.25) is 0 Å². The van der Waals surface area contributed by atoms with Crippen LogP contribution in [-0.4, -0.2) is 55.1 Å². The number of benzene rings is 1. The molecule has 0 aromatic heterocycles. The average molecular weight is 333 g/mol. The molecule has 1 aromatic carbocycles. The van der Waals surface area contributed by atoms with Gasteiger partial charge in [0.05, 0.1) is 5.69 Å². The molecule has 0 unspecified atom stereocenters. The van der Waals surface area contributed by atoms with Crippen LogP contribution in [0.25, 0.3) is 0 Å². The van der Waals surface area contributed by atoms with Crippen LogP contribution >= 0.6 is 0 Å². The lowest BCUT2D eigenvalue weighted by molar-refractivity contribution is -0.0936. The highest BCUT2D eigenvalue weighted by atomic mass is 16.5. The van der Waals surface area contributed by atoms with Gasteiger partial charge in [-0.05, 0) is 58.2 Å². The molecule has 5 heteroatoms. The maximum atomic E-state index is 9.66. The molecule has 0 bridgehead atoms. The quantitative estimate of drug-likeness (QED) is 0.918. The summed E-state index contributed by atoms with van der Waals surface area (Å²) in [5.41, 5.74) is 2.22. The molecule has 134 valence electrons. The van der Waals surface area contributed by atoms with Gasteiger partial charge in [-0.3, -0.25) is 0 Å². The summed E-state index contributed by atoms with van der Waals surface area (Å²) >= 11 is 0. The Morgan fingerprint density at radius 3 is 2.17 bits per heavy atom. The first-order valence-corrected chi connectivity index (χ1v) is 9.19. The van der Waals surface area contributed by atoms with Crippen molar-refractivity contribution in [2.24, 2.45) is 0 Å². The van der Waals surface area contributed by atoms with E-state index in [1.165, 1.54) is 30.0 Å². The lowest BCUT2D eigenvalue weighted by atomic mass is 10.1. The minimum atomic E-state index is -0.222. The minimum Gasteiger partial charge on any atom is -0.486 e. The number of anilines is 2. The summed E-state index contributed by atoms with van der Waals surface area (Å²) in [5, 5.41) is 11.1. The van der Waals surface area contributed by atoms with Crippen LogP contribution in [0.3, 0.4) is 0 Å². The molecular weight excluding hydrogens is 302 g/mol. The fraction of sp³-hybridized carbons (Fsp3) is 0.684. The van der Waals surface area contributed by atoms with Gasteiger partial charge in [0, 0.05) is 45.0 Å². The lowest BCUT2D eigenvalue weighted by Gasteiger charge is -2.36. The van der Waals surface area contributed by atoms with Crippen molar-refractivity contribution in [2.75, 3.05) is 49.1 Å². The Morgan fingerprint density at radius 1 is 0.875 bits per heavy atom. The molecule has 2 aliphatic heterocycles. The molecule has 2 saturated heterocycles. The Balaban J connectivity index is 1.87. The van der Waals surface area contributed by atoms with E-state index in [1.54, 1.807) is 0 Å². The second kappa shape index (κ2) is 7.19. The molecular formula is C19H31N3O2. The molecule has 0 aliphatic carbocycles. The van der Waals surface area contributed by atoms with E-state index in [0.29, 0.717) is 13.1 Å². The van der Waals surface area contributed by atoms with Crippen molar-refractivity contribution in [1.82, 2.24) is 5.06 Å². The van der Waals surface area contributed by atoms with E-state index in [4.69, 9.17) is 4.74 Å². The smallest absolute Gasteiger partial charge is 0.143 e. The predicted octanol–water partition coefficient (Wildman–Crippen LogP) is 3.37. The maximum Gasteiger partial charge on any atom is 0.143 e. The summed E-state index contributed by atoms with van der Waals surface area (Å²) < 4.78 is 6.22. The molecule has 1 aromatic rings. The Labute approximate surface area is 145 Å². The van der Waals surface area contributed by atoms with Crippen molar-refractivity contribution in [3.63, 3.8) is 0 Å². The van der Waals surface area contributed by atoms with Crippen LogP contribution in [0.15, 0.2) is 18.2 Å². The van der Waals surface area contributed by atoms with E-state index in [1.807, 2.05) is 0 Å². The first-order valence-electron chi connectivity index (χ1n) is 9.19. The van der Waals surface area contributed by atoms with Gasteiger partial charge in [0.1, 0.15) is 11.4 Å². The summed E-state index contributed by atoms with van der Waals surface area (Å²) in [4.78, 5) is 4.82. The van der Waals surface area contributed by atoms with E-state index < -0.39 is 0 Å². The number of nitrogens with zero attached hydrogens (tertiary/aromatic N) is 3. The van der Waals surface area contributed by atoms with E-state index in [9.17, 15) is 5.21 Å². The standard InChI is InChI=1S/C19H31N3O2/c1-19(2,3)24-18-8-7-16(20-9-5-4-6-10-20)15-17(18)21-11-13-22(23)14-12-21/h7-8,15,23H,4-6,9-14H2,1-3H3. The van der Waals surface area contributed by atoms with Gasteiger partial charge in [0.25, 0.3) is 0 Å². The third-order valence-electron chi connectivity index (χ3n) is 4.68. The minimum absolute atomic E-state index is 0.222. The van der Waals surface area contributed by atoms with Gasteiger partial charge >= 0.3 is 0 Å². The highest BCUT2D eigenvalue weighted by Gasteiger charge is 2.23. The van der Waals surface area contributed by atoms with Gasteiger partial charge in [-0.25, -0.2) is 0 Å². The van der Waals surface area contributed by atoms with E-state index in [-0.39, 0.29) is 5.60 Å². The van der Waals surface area contributed by atoms with Crippen molar-refractivity contribution < 1.29 is 9.94 Å². The fourth-order valence-electron chi connectivity index (χ4n) is 3.45. The van der Waals surface area contributed by atoms with Gasteiger partial charge < -0.3 is 19.7 Å². The third kappa shape index (κ3) is 4.33. The lowest BCUT2D eigenvalue weighted by Crippen LogP contribution is -2.45. The van der Waals surface area contributed by atoms with E-state index in [0.717, 1.165) is 37.6 Å². The summed E-state index contributed by atoms with van der Waals surface area (Å²) in [6.07, 6.45) is 3.89. The third-order valence-corrected chi connectivity index (χ3v) is 4.68. The zero-order valence-electron chi connectivity index (χ0n) is 15.3. The number of ether oxygens (including phenoxy) is 1. The van der Waals surface area contributed by atoms with Crippen molar-refractivity contribution >= 4 is 11.4 Å². The van der Waals surface area contributed by atoms with Crippen LogP contribution in [0, 0.1) is 0 Å². The highest BCUT2D eigenvalue weighted by molar-refractivity contribution is 5.67. The molecule has 3 rings (SSSR count). The number of rotatable bonds is 3. The molecule has 1 N–H and O–H groups in total. The average Bonchev–Trinajstić information content (AvgIpc) is 2.55. The van der Waals surface area contributed by atoms with E-state index in [2.05, 4.69) is 48.8 Å². The van der Waals surface area contributed by atoms with Crippen LogP contribution < -0.4 is 14.5 Å². The molecule has 2 fully saturated rings. The van der Waals surface area contributed by atoms with Crippen molar-refractivity contribution in [2.45, 2.75) is 45.6 Å². The number of hydrogen-bond acceptors (Lipinski definition) is 5. The van der Waals surface area contributed by atoms with E-state index >= 15 is 0 Å². The molecule has 0 saturated carbocycles. The molecule has 0 radical (unpaired) electrons. The maximum absolute atomic E-state index is 9.66. The topological polar surface area (TPSA) is 39.2 Å². The van der Waals surface area contributed by atoms with Gasteiger partial charge in [0.2, 0.25) is 0 Å². The van der Waals surface area contributed by atoms with Crippen LogP contribution in [0.1, 0.15) is 40.0 Å². The monoisotopic (exact) mass is 333 g/mol. The molecule has 0 spiro atoms. The van der Waals surface area contributed by atoms with Crippen LogP contribution in [0.4, 0.5) is 11.4 Å². The van der Waals surface area contributed by atoms with Crippen molar-refractivity contribution in [3.8, 4) is 5.75 Å². The summed E-state index contributed by atoms with van der Waals surface area (Å²) in [6, 6.07) is 6.59. The number of piperidine rings is 1. The van der Waals surface area contributed by atoms with Gasteiger partial charge in [-0.1, -0.05) is 0 Å². The number of hydroxylamine groups is 2. The summed E-state index contributed by atoms with van der Waals surface area (Å²) in [6.45, 7) is 11.5.